The third-order valence-corrected chi connectivity index (χ3v) is 4.23. The second-order valence-corrected chi connectivity index (χ2v) is 6.47. The Bertz CT molecular complexity index is 444. The first-order valence-corrected chi connectivity index (χ1v) is 7.38. The lowest BCUT2D eigenvalue weighted by molar-refractivity contribution is 0.224. The SMILES string of the molecule is Cc1nc(N2CC3CC(C2)N3)nc(C)c1CC(C)C. The van der Waals surface area contributed by atoms with Crippen molar-refractivity contribution >= 4 is 5.95 Å². The first-order valence-electron chi connectivity index (χ1n) is 7.38. The molecular formula is C15H24N4. The van der Waals surface area contributed by atoms with Crippen LogP contribution in [0.3, 0.4) is 0 Å². The van der Waals surface area contributed by atoms with Crippen LogP contribution in [0.1, 0.15) is 37.2 Å². The molecule has 0 aromatic carbocycles. The highest BCUT2D eigenvalue weighted by molar-refractivity contribution is 5.39. The lowest BCUT2D eigenvalue weighted by Crippen LogP contribution is -2.67. The van der Waals surface area contributed by atoms with Crippen LogP contribution < -0.4 is 10.2 Å². The zero-order valence-corrected chi connectivity index (χ0v) is 12.4. The van der Waals surface area contributed by atoms with Crippen molar-refractivity contribution in [2.75, 3.05) is 18.0 Å². The molecule has 3 saturated heterocycles. The predicted octanol–water partition coefficient (Wildman–Crippen LogP) is 1.84. The van der Waals surface area contributed by atoms with Crippen LogP contribution in [-0.4, -0.2) is 35.1 Å². The maximum absolute atomic E-state index is 4.75. The van der Waals surface area contributed by atoms with Gasteiger partial charge in [0, 0.05) is 36.6 Å². The lowest BCUT2D eigenvalue weighted by Gasteiger charge is -2.48. The molecule has 1 aromatic heterocycles. The molecule has 1 aromatic rings. The molecule has 4 nitrogen and oxygen atoms in total. The van der Waals surface area contributed by atoms with Gasteiger partial charge in [0.1, 0.15) is 0 Å². The largest absolute Gasteiger partial charge is 0.338 e. The fourth-order valence-electron chi connectivity index (χ4n) is 3.24. The van der Waals surface area contributed by atoms with Crippen LogP contribution in [0.15, 0.2) is 0 Å². The van der Waals surface area contributed by atoms with E-state index in [1.54, 1.807) is 0 Å². The van der Waals surface area contributed by atoms with Crippen LogP contribution in [0, 0.1) is 19.8 Å². The summed E-state index contributed by atoms with van der Waals surface area (Å²) in [5.74, 6) is 1.58. The highest BCUT2D eigenvalue weighted by atomic mass is 15.3. The van der Waals surface area contributed by atoms with Crippen molar-refractivity contribution in [3.8, 4) is 0 Å². The molecule has 0 spiro atoms. The number of aryl methyl sites for hydroxylation is 2. The Morgan fingerprint density at radius 2 is 1.68 bits per heavy atom. The molecular weight excluding hydrogens is 236 g/mol. The van der Waals surface area contributed by atoms with Crippen molar-refractivity contribution in [1.29, 1.82) is 0 Å². The first kappa shape index (κ1) is 12.9. The zero-order valence-electron chi connectivity index (χ0n) is 12.4. The zero-order chi connectivity index (χ0) is 13.6. The molecule has 0 amide bonds. The molecule has 3 aliphatic rings. The van der Waals surface area contributed by atoms with Gasteiger partial charge >= 0.3 is 0 Å². The van der Waals surface area contributed by atoms with E-state index in [1.807, 2.05) is 0 Å². The normalized spacial score (nSPS) is 25.6. The second-order valence-electron chi connectivity index (χ2n) is 6.47. The van der Waals surface area contributed by atoms with Crippen LogP contribution in [0.5, 0.6) is 0 Å². The summed E-state index contributed by atoms with van der Waals surface area (Å²) in [6.07, 6.45) is 2.39. The van der Waals surface area contributed by atoms with Crippen molar-refractivity contribution in [2.24, 2.45) is 5.92 Å². The number of piperidine rings is 1. The number of fused-ring (bicyclic) bond motifs is 2. The van der Waals surface area contributed by atoms with Gasteiger partial charge < -0.3 is 10.2 Å². The molecule has 0 radical (unpaired) electrons. The van der Waals surface area contributed by atoms with Crippen molar-refractivity contribution in [3.63, 3.8) is 0 Å². The summed E-state index contributed by atoms with van der Waals surface area (Å²) < 4.78 is 0. The van der Waals surface area contributed by atoms with Crippen LogP contribution >= 0.6 is 0 Å². The van der Waals surface area contributed by atoms with Gasteiger partial charge in [0.25, 0.3) is 0 Å². The summed E-state index contributed by atoms with van der Waals surface area (Å²) in [6, 6.07) is 1.30. The molecule has 2 unspecified atom stereocenters. The van der Waals surface area contributed by atoms with Crippen LogP contribution in [0.4, 0.5) is 5.95 Å². The van der Waals surface area contributed by atoms with Gasteiger partial charge in [-0.3, -0.25) is 0 Å². The van der Waals surface area contributed by atoms with Crippen LogP contribution in [0.25, 0.3) is 0 Å². The molecule has 4 heteroatoms. The maximum Gasteiger partial charge on any atom is 0.225 e. The van der Waals surface area contributed by atoms with Gasteiger partial charge in [-0.15, -0.1) is 0 Å². The van der Waals surface area contributed by atoms with Gasteiger partial charge in [-0.1, -0.05) is 13.8 Å². The number of aromatic nitrogens is 2. The molecule has 2 bridgehead atoms. The molecule has 104 valence electrons. The van der Waals surface area contributed by atoms with Gasteiger partial charge in [0.15, 0.2) is 0 Å². The van der Waals surface area contributed by atoms with Crippen LogP contribution in [-0.2, 0) is 6.42 Å². The fourth-order valence-corrected chi connectivity index (χ4v) is 3.24. The highest BCUT2D eigenvalue weighted by Crippen LogP contribution is 2.25. The van der Waals surface area contributed by atoms with E-state index in [9.17, 15) is 0 Å². The first-order chi connectivity index (χ1) is 9.02. The fraction of sp³-hybridized carbons (Fsp3) is 0.733. The molecule has 2 atom stereocenters. The minimum absolute atomic E-state index is 0.651. The van der Waals surface area contributed by atoms with Crippen molar-refractivity contribution in [3.05, 3.63) is 17.0 Å². The standard InChI is InChI=1S/C15H24N4/c1-9(2)5-14-10(3)16-15(17-11(14)4)19-7-12-6-13(8-19)18-12/h9,12-13,18H,5-8H2,1-4H3. The lowest BCUT2D eigenvalue weighted by atomic mass is 9.91. The van der Waals surface area contributed by atoms with E-state index in [4.69, 9.17) is 9.97 Å². The van der Waals surface area contributed by atoms with Gasteiger partial charge in [-0.05, 0) is 38.2 Å². The third kappa shape index (κ3) is 2.46. The minimum atomic E-state index is 0.651. The van der Waals surface area contributed by atoms with Crippen molar-refractivity contribution in [1.82, 2.24) is 15.3 Å². The Hall–Kier alpha value is -1.16. The van der Waals surface area contributed by atoms with E-state index in [-0.39, 0.29) is 0 Å². The van der Waals surface area contributed by atoms with Crippen LogP contribution in [0.2, 0.25) is 0 Å². The molecule has 0 aliphatic carbocycles. The second kappa shape index (κ2) is 4.75. The maximum atomic E-state index is 4.75. The Kier molecular flexibility index (Phi) is 3.21. The number of rotatable bonds is 3. The minimum Gasteiger partial charge on any atom is -0.338 e. The average Bonchev–Trinajstić information content (AvgIpc) is 2.32. The number of hydrogen-bond donors (Lipinski definition) is 1. The van der Waals surface area contributed by atoms with E-state index >= 15 is 0 Å². The van der Waals surface area contributed by atoms with Gasteiger partial charge in [0.2, 0.25) is 5.95 Å². The van der Waals surface area contributed by atoms with Crippen molar-refractivity contribution < 1.29 is 0 Å². The highest BCUT2D eigenvalue weighted by Gasteiger charge is 2.37. The molecule has 4 rings (SSSR count). The van der Waals surface area contributed by atoms with E-state index in [0.29, 0.717) is 18.0 Å². The summed E-state index contributed by atoms with van der Waals surface area (Å²) in [4.78, 5) is 11.8. The number of hydrogen-bond acceptors (Lipinski definition) is 4. The quantitative estimate of drug-likeness (QED) is 0.900. The summed E-state index contributed by atoms with van der Waals surface area (Å²) in [5.41, 5.74) is 3.64. The summed E-state index contributed by atoms with van der Waals surface area (Å²) >= 11 is 0. The van der Waals surface area contributed by atoms with Gasteiger partial charge in [0.05, 0.1) is 0 Å². The Labute approximate surface area is 115 Å². The molecule has 3 fully saturated rings. The average molecular weight is 260 g/mol. The Morgan fingerprint density at radius 3 is 2.16 bits per heavy atom. The van der Waals surface area contributed by atoms with E-state index in [0.717, 1.165) is 36.8 Å². The monoisotopic (exact) mass is 260 g/mol. The van der Waals surface area contributed by atoms with Gasteiger partial charge in [-0.25, -0.2) is 9.97 Å². The third-order valence-electron chi connectivity index (χ3n) is 4.23. The van der Waals surface area contributed by atoms with E-state index in [1.165, 1.54) is 12.0 Å². The van der Waals surface area contributed by atoms with Gasteiger partial charge in [-0.2, -0.15) is 0 Å². The molecule has 3 aliphatic heterocycles. The number of piperazine rings is 1. The summed E-state index contributed by atoms with van der Waals surface area (Å²) in [5, 5.41) is 3.55. The Morgan fingerprint density at radius 1 is 1.16 bits per heavy atom. The van der Waals surface area contributed by atoms with E-state index < -0.39 is 0 Å². The molecule has 0 saturated carbocycles. The predicted molar refractivity (Wildman–Crippen MR) is 77.6 cm³/mol. The molecule has 1 N–H and O–H groups in total. The smallest absolute Gasteiger partial charge is 0.225 e. The summed E-state index contributed by atoms with van der Waals surface area (Å²) in [6.45, 7) is 10.8. The topological polar surface area (TPSA) is 41.1 Å². The number of nitrogens with one attached hydrogen (secondary N) is 1. The number of anilines is 1. The summed E-state index contributed by atoms with van der Waals surface area (Å²) in [7, 11) is 0. The van der Waals surface area contributed by atoms with Crippen molar-refractivity contribution in [2.45, 2.75) is 52.6 Å². The molecule has 19 heavy (non-hydrogen) atoms. The molecule has 4 heterocycles. The Balaban J connectivity index is 1.83. The van der Waals surface area contributed by atoms with E-state index in [2.05, 4.69) is 37.9 Å². The number of nitrogens with zero attached hydrogens (tertiary/aromatic N) is 3.